The Balaban J connectivity index is 1.57. The van der Waals surface area contributed by atoms with Crippen molar-refractivity contribution in [2.75, 3.05) is 6.54 Å². The largest absolute Gasteiger partial charge is 0.352 e. The van der Waals surface area contributed by atoms with Gasteiger partial charge in [-0.05, 0) is 44.6 Å². The van der Waals surface area contributed by atoms with E-state index in [4.69, 9.17) is 5.73 Å². The first-order valence-corrected chi connectivity index (χ1v) is 7.96. The SMILES string of the molecule is C=C1CC(CCNC(=O)c2ccnc3nc[nH]c23)CC(C)(N)C1. The number of hydrogen-bond donors (Lipinski definition) is 3. The highest BCUT2D eigenvalue weighted by Gasteiger charge is 2.30. The van der Waals surface area contributed by atoms with Gasteiger partial charge in [0.2, 0.25) is 0 Å². The van der Waals surface area contributed by atoms with Crippen LogP contribution in [0.1, 0.15) is 43.0 Å². The molecule has 0 saturated heterocycles. The van der Waals surface area contributed by atoms with Crippen molar-refractivity contribution in [3.05, 3.63) is 36.3 Å². The van der Waals surface area contributed by atoms with Crippen LogP contribution in [0.15, 0.2) is 30.7 Å². The average molecular weight is 313 g/mol. The zero-order valence-corrected chi connectivity index (χ0v) is 13.4. The number of hydrogen-bond acceptors (Lipinski definition) is 4. The van der Waals surface area contributed by atoms with E-state index in [0.717, 1.165) is 25.7 Å². The minimum atomic E-state index is -0.169. The molecule has 2 atom stereocenters. The highest BCUT2D eigenvalue weighted by atomic mass is 16.1. The Morgan fingerprint density at radius 1 is 1.57 bits per heavy atom. The summed E-state index contributed by atoms with van der Waals surface area (Å²) in [4.78, 5) is 23.5. The highest BCUT2D eigenvalue weighted by Crippen LogP contribution is 2.34. The van der Waals surface area contributed by atoms with Gasteiger partial charge in [-0.1, -0.05) is 12.2 Å². The van der Waals surface area contributed by atoms with Gasteiger partial charge in [0.05, 0.1) is 17.4 Å². The summed E-state index contributed by atoms with van der Waals surface area (Å²) in [7, 11) is 0. The second kappa shape index (κ2) is 6.12. The summed E-state index contributed by atoms with van der Waals surface area (Å²) < 4.78 is 0. The van der Waals surface area contributed by atoms with Gasteiger partial charge in [-0.15, -0.1) is 0 Å². The van der Waals surface area contributed by atoms with E-state index in [0.29, 0.717) is 29.2 Å². The Hall–Kier alpha value is -2.21. The lowest BCUT2D eigenvalue weighted by molar-refractivity contribution is 0.0951. The van der Waals surface area contributed by atoms with Crippen molar-refractivity contribution in [1.82, 2.24) is 20.3 Å². The van der Waals surface area contributed by atoms with Crippen molar-refractivity contribution in [3.8, 4) is 0 Å². The van der Waals surface area contributed by atoms with Crippen LogP contribution in [0.4, 0.5) is 0 Å². The first kappa shape index (κ1) is 15.7. The van der Waals surface area contributed by atoms with Crippen LogP contribution in [0.25, 0.3) is 11.2 Å². The molecule has 1 fully saturated rings. The number of nitrogens with two attached hydrogens (primary N) is 1. The maximum atomic E-state index is 12.4. The fourth-order valence-corrected chi connectivity index (χ4v) is 3.58. The molecule has 0 radical (unpaired) electrons. The Morgan fingerprint density at radius 2 is 2.39 bits per heavy atom. The maximum absolute atomic E-state index is 12.4. The fraction of sp³-hybridized carbons (Fsp3) is 0.471. The summed E-state index contributed by atoms with van der Waals surface area (Å²) in [5.74, 6) is 0.378. The second-order valence-corrected chi connectivity index (χ2v) is 6.86. The first-order valence-electron chi connectivity index (χ1n) is 7.96. The quantitative estimate of drug-likeness (QED) is 0.753. The topological polar surface area (TPSA) is 96.7 Å². The summed E-state index contributed by atoms with van der Waals surface area (Å²) >= 11 is 0. The van der Waals surface area contributed by atoms with E-state index >= 15 is 0 Å². The number of amides is 1. The molecular weight excluding hydrogens is 290 g/mol. The Morgan fingerprint density at radius 3 is 3.17 bits per heavy atom. The average Bonchev–Trinajstić information content (AvgIpc) is 2.93. The van der Waals surface area contributed by atoms with Crippen molar-refractivity contribution in [2.45, 2.75) is 38.1 Å². The van der Waals surface area contributed by atoms with Crippen molar-refractivity contribution >= 4 is 17.1 Å². The van der Waals surface area contributed by atoms with Crippen LogP contribution in [0.3, 0.4) is 0 Å². The van der Waals surface area contributed by atoms with E-state index in [1.807, 2.05) is 0 Å². The molecule has 2 aromatic heterocycles. The first-order chi connectivity index (χ1) is 10.9. The van der Waals surface area contributed by atoms with E-state index in [1.54, 1.807) is 18.6 Å². The lowest BCUT2D eigenvalue weighted by Gasteiger charge is -2.36. The van der Waals surface area contributed by atoms with Gasteiger partial charge >= 0.3 is 0 Å². The van der Waals surface area contributed by atoms with Crippen molar-refractivity contribution in [2.24, 2.45) is 11.7 Å². The minimum Gasteiger partial charge on any atom is -0.352 e. The van der Waals surface area contributed by atoms with Gasteiger partial charge in [-0.3, -0.25) is 4.79 Å². The molecular formula is C17H23N5O. The summed E-state index contributed by atoms with van der Waals surface area (Å²) in [5.41, 5.74) is 9.11. The van der Waals surface area contributed by atoms with Gasteiger partial charge in [0, 0.05) is 18.3 Å². The number of aromatic amines is 1. The molecule has 0 spiro atoms. The van der Waals surface area contributed by atoms with Crippen molar-refractivity contribution in [1.29, 1.82) is 0 Å². The molecule has 2 aromatic rings. The van der Waals surface area contributed by atoms with E-state index < -0.39 is 0 Å². The molecule has 23 heavy (non-hydrogen) atoms. The molecule has 1 saturated carbocycles. The molecule has 4 N–H and O–H groups in total. The molecule has 2 heterocycles. The van der Waals surface area contributed by atoms with E-state index in [2.05, 4.69) is 33.8 Å². The minimum absolute atomic E-state index is 0.105. The maximum Gasteiger partial charge on any atom is 0.253 e. The van der Waals surface area contributed by atoms with Crippen LogP contribution in [0.5, 0.6) is 0 Å². The normalized spacial score (nSPS) is 24.8. The lowest BCUT2D eigenvalue weighted by Crippen LogP contribution is -2.42. The molecule has 1 aliphatic rings. The van der Waals surface area contributed by atoms with Crippen LogP contribution in [-0.4, -0.2) is 32.9 Å². The van der Waals surface area contributed by atoms with Crippen LogP contribution in [0.2, 0.25) is 0 Å². The number of nitrogens with one attached hydrogen (secondary N) is 2. The highest BCUT2D eigenvalue weighted by molar-refractivity contribution is 6.03. The number of fused-ring (bicyclic) bond motifs is 1. The Labute approximate surface area is 135 Å². The Kier molecular flexibility index (Phi) is 4.17. The fourth-order valence-electron chi connectivity index (χ4n) is 3.58. The second-order valence-electron chi connectivity index (χ2n) is 6.86. The third kappa shape index (κ3) is 3.59. The summed E-state index contributed by atoms with van der Waals surface area (Å²) in [5, 5.41) is 2.99. The molecule has 0 aromatic carbocycles. The van der Waals surface area contributed by atoms with E-state index in [9.17, 15) is 4.79 Å². The van der Waals surface area contributed by atoms with E-state index in [-0.39, 0.29) is 11.4 Å². The lowest BCUT2D eigenvalue weighted by atomic mass is 9.74. The van der Waals surface area contributed by atoms with Gasteiger partial charge in [0.25, 0.3) is 5.91 Å². The molecule has 0 bridgehead atoms. The number of carbonyl (C=O) groups excluding carboxylic acids is 1. The molecule has 6 heteroatoms. The number of aromatic nitrogens is 3. The smallest absolute Gasteiger partial charge is 0.253 e. The zero-order valence-electron chi connectivity index (χ0n) is 13.4. The molecule has 6 nitrogen and oxygen atoms in total. The summed E-state index contributed by atoms with van der Waals surface area (Å²) in [6.07, 6.45) is 6.93. The van der Waals surface area contributed by atoms with Crippen LogP contribution in [0, 0.1) is 5.92 Å². The monoisotopic (exact) mass is 313 g/mol. The molecule has 1 amide bonds. The number of imidazole rings is 1. The predicted molar refractivity (Wildman–Crippen MR) is 89.9 cm³/mol. The van der Waals surface area contributed by atoms with Gasteiger partial charge in [0.15, 0.2) is 5.65 Å². The van der Waals surface area contributed by atoms with Gasteiger partial charge < -0.3 is 16.0 Å². The number of rotatable bonds is 4. The summed E-state index contributed by atoms with van der Waals surface area (Å²) in [6, 6.07) is 1.70. The van der Waals surface area contributed by atoms with Crippen LogP contribution in [-0.2, 0) is 0 Å². The van der Waals surface area contributed by atoms with Gasteiger partial charge in [0.1, 0.15) is 0 Å². The van der Waals surface area contributed by atoms with Gasteiger partial charge in [-0.2, -0.15) is 0 Å². The standard InChI is InChI=1S/C17H23N5O/c1-11-7-12(9-17(2,18)8-11)3-5-20-16(23)13-4-6-19-15-14(13)21-10-22-15/h4,6,10,12H,1,3,5,7-9,18H2,2H3,(H,20,23)(H,19,21,22). The molecule has 3 rings (SSSR count). The van der Waals surface area contributed by atoms with Crippen molar-refractivity contribution < 1.29 is 4.79 Å². The zero-order chi connectivity index (χ0) is 16.4. The molecule has 0 aliphatic heterocycles. The van der Waals surface area contributed by atoms with Crippen molar-refractivity contribution in [3.63, 3.8) is 0 Å². The number of H-pyrrole nitrogens is 1. The molecule has 122 valence electrons. The van der Waals surface area contributed by atoms with E-state index in [1.165, 1.54) is 5.57 Å². The third-order valence-electron chi connectivity index (χ3n) is 4.40. The van der Waals surface area contributed by atoms with Crippen LogP contribution >= 0.6 is 0 Å². The molecule has 2 unspecified atom stereocenters. The number of nitrogens with zero attached hydrogens (tertiary/aromatic N) is 2. The molecule has 1 aliphatic carbocycles. The number of pyridine rings is 1. The number of carbonyl (C=O) groups is 1. The Bertz CT molecular complexity index is 733. The predicted octanol–water partition coefficient (Wildman–Crippen LogP) is 2.15. The van der Waals surface area contributed by atoms with Gasteiger partial charge in [-0.25, -0.2) is 9.97 Å². The summed E-state index contributed by atoms with van der Waals surface area (Å²) in [6.45, 7) is 6.80. The third-order valence-corrected chi connectivity index (χ3v) is 4.40. The van der Waals surface area contributed by atoms with Crippen LogP contribution < -0.4 is 11.1 Å².